The number of fused-ring (bicyclic) bond motifs is 4. The van der Waals surface area contributed by atoms with Gasteiger partial charge in [0.15, 0.2) is 0 Å². The molecule has 1 saturated carbocycles. The largest absolute Gasteiger partial charge is 0.367 e. The van der Waals surface area contributed by atoms with Crippen LogP contribution in [0, 0.1) is 5.92 Å². The van der Waals surface area contributed by atoms with E-state index in [2.05, 4.69) is 64.1 Å². The molecule has 5 heterocycles. The molecule has 3 fully saturated rings. The summed E-state index contributed by atoms with van der Waals surface area (Å²) in [6.07, 6.45) is 10.3. The summed E-state index contributed by atoms with van der Waals surface area (Å²) in [7, 11) is 0. The molecule has 3 aliphatic heterocycles. The van der Waals surface area contributed by atoms with Gasteiger partial charge >= 0.3 is 0 Å². The van der Waals surface area contributed by atoms with Gasteiger partial charge in [0, 0.05) is 56.4 Å². The molecule has 2 aromatic rings. The number of anilines is 4. The number of aromatic nitrogens is 3. The summed E-state index contributed by atoms with van der Waals surface area (Å²) in [5.74, 6) is 3.01. The Morgan fingerprint density at radius 3 is 2.58 bits per heavy atom. The van der Waals surface area contributed by atoms with Crippen molar-refractivity contribution < 1.29 is 4.79 Å². The van der Waals surface area contributed by atoms with Gasteiger partial charge in [0.1, 0.15) is 17.7 Å². The molecule has 0 radical (unpaired) electrons. The Morgan fingerprint density at radius 2 is 1.89 bits per heavy atom. The summed E-state index contributed by atoms with van der Waals surface area (Å²) < 4.78 is 0. The first-order valence-corrected chi connectivity index (χ1v) is 14.5. The Labute approximate surface area is 226 Å². The van der Waals surface area contributed by atoms with Gasteiger partial charge in [-0.05, 0) is 44.7 Å². The number of hydrogen-bond donors (Lipinski definition) is 2. The second-order valence-electron chi connectivity index (χ2n) is 12.1. The van der Waals surface area contributed by atoms with Crippen molar-refractivity contribution >= 4 is 29.2 Å². The fourth-order valence-electron chi connectivity index (χ4n) is 7.11. The predicted octanol–water partition coefficient (Wildman–Crippen LogP) is 3.73. The summed E-state index contributed by atoms with van der Waals surface area (Å²) in [5.41, 5.74) is 2.20. The Bertz CT molecular complexity index is 1150. The van der Waals surface area contributed by atoms with Crippen LogP contribution in [0.25, 0.3) is 0 Å². The van der Waals surface area contributed by atoms with Crippen molar-refractivity contribution in [2.75, 3.05) is 41.3 Å². The van der Waals surface area contributed by atoms with Crippen LogP contribution in [0.15, 0.2) is 24.5 Å². The molecular weight excluding hydrogens is 476 g/mol. The highest BCUT2D eigenvalue weighted by Crippen LogP contribution is 2.45. The van der Waals surface area contributed by atoms with Crippen molar-refractivity contribution in [2.24, 2.45) is 5.92 Å². The number of amides is 1. The normalized spacial score (nSPS) is 27.3. The molecule has 1 aliphatic carbocycles. The quantitative estimate of drug-likeness (QED) is 0.598. The van der Waals surface area contributed by atoms with Crippen LogP contribution in [0.1, 0.15) is 65.4 Å². The standard InChI is InChI=1S/C29H42N8O/c1-5-19(2)15-36-20(3)16-35(17-21(36)4)23-8-9-25(30-14-23)33-28-31-13-22-12-24-27(38)32-18-29(10-6-7-11-29)37(24)26(22)34-28/h8-9,13-14,19-21,24H,5-7,10-12,15-18H2,1-4H3,(H,32,38)(H,30,31,33,34)/t19?,20-,21+,24?. The van der Waals surface area contributed by atoms with E-state index in [1.54, 1.807) is 0 Å². The van der Waals surface area contributed by atoms with Crippen LogP contribution in [0.2, 0.25) is 0 Å². The minimum Gasteiger partial charge on any atom is -0.367 e. The number of nitrogens with zero attached hydrogens (tertiary/aromatic N) is 6. The van der Waals surface area contributed by atoms with E-state index in [4.69, 9.17) is 9.97 Å². The topological polar surface area (TPSA) is 89.5 Å². The van der Waals surface area contributed by atoms with Crippen LogP contribution in [0.4, 0.5) is 23.3 Å². The second kappa shape index (κ2) is 9.98. The van der Waals surface area contributed by atoms with Crippen LogP contribution in [0.3, 0.4) is 0 Å². The summed E-state index contributed by atoms with van der Waals surface area (Å²) in [5, 5.41) is 6.48. The number of carbonyl (C=O) groups is 1. The Balaban J connectivity index is 1.15. The van der Waals surface area contributed by atoms with Gasteiger partial charge in [0.2, 0.25) is 11.9 Å². The fraction of sp³-hybridized carbons (Fsp3) is 0.655. The van der Waals surface area contributed by atoms with E-state index in [1.807, 2.05) is 18.5 Å². The molecule has 6 rings (SSSR count). The first-order chi connectivity index (χ1) is 18.4. The zero-order valence-electron chi connectivity index (χ0n) is 23.3. The zero-order chi connectivity index (χ0) is 26.4. The fourth-order valence-corrected chi connectivity index (χ4v) is 7.11. The van der Waals surface area contributed by atoms with Crippen molar-refractivity contribution in [1.82, 2.24) is 25.2 Å². The average Bonchev–Trinajstić information content (AvgIpc) is 3.54. The average molecular weight is 519 g/mol. The molecule has 0 bridgehead atoms. The van der Waals surface area contributed by atoms with E-state index >= 15 is 0 Å². The molecule has 9 heteroatoms. The molecule has 2 aromatic heterocycles. The second-order valence-corrected chi connectivity index (χ2v) is 12.1. The minimum atomic E-state index is -0.172. The van der Waals surface area contributed by atoms with Gasteiger partial charge in [-0.15, -0.1) is 0 Å². The van der Waals surface area contributed by atoms with Crippen LogP contribution < -0.4 is 20.4 Å². The number of nitrogens with one attached hydrogen (secondary N) is 2. The maximum Gasteiger partial charge on any atom is 0.243 e. The van der Waals surface area contributed by atoms with Gasteiger partial charge in [-0.1, -0.05) is 33.1 Å². The summed E-state index contributed by atoms with van der Waals surface area (Å²) in [6, 6.07) is 5.01. The molecule has 0 aromatic carbocycles. The lowest BCUT2D eigenvalue weighted by Crippen LogP contribution is -2.66. The Kier molecular flexibility index (Phi) is 6.66. The smallest absolute Gasteiger partial charge is 0.243 e. The first kappa shape index (κ1) is 25.3. The summed E-state index contributed by atoms with van der Waals surface area (Å²) in [6.45, 7) is 13.2. The third-order valence-electron chi connectivity index (χ3n) is 9.41. The van der Waals surface area contributed by atoms with Crippen LogP contribution in [-0.2, 0) is 11.2 Å². The highest BCUT2D eigenvalue weighted by Gasteiger charge is 2.52. The molecule has 2 unspecified atom stereocenters. The number of hydrogen-bond acceptors (Lipinski definition) is 8. The monoisotopic (exact) mass is 518 g/mol. The van der Waals surface area contributed by atoms with Gasteiger partial charge in [-0.2, -0.15) is 4.98 Å². The van der Waals surface area contributed by atoms with Crippen LogP contribution >= 0.6 is 0 Å². The SMILES string of the molecule is CCC(C)CN1[C@H](C)CN(c2ccc(Nc3ncc4c(n3)N3C(C4)C(=O)NCC34CCCC4)nc2)C[C@@H]1C. The number of piperazine rings is 2. The van der Waals surface area contributed by atoms with Crippen molar-refractivity contribution in [3.8, 4) is 0 Å². The van der Waals surface area contributed by atoms with Gasteiger partial charge in [-0.3, -0.25) is 9.69 Å². The van der Waals surface area contributed by atoms with Crippen molar-refractivity contribution in [3.63, 3.8) is 0 Å². The zero-order valence-corrected chi connectivity index (χ0v) is 23.3. The third kappa shape index (κ3) is 4.48. The van der Waals surface area contributed by atoms with E-state index in [-0.39, 0.29) is 17.5 Å². The van der Waals surface area contributed by atoms with E-state index in [0.717, 1.165) is 54.7 Å². The highest BCUT2D eigenvalue weighted by molar-refractivity contribution is 5.90. The Hall–Kier alpha value is -2.94. The lowest BCUT2D eigenvalue weighted by atomic mass is 9.90. The van der Waals surface area contributed by atoms with Crippen LogP contribution in [0.5, 0.6) is 0 Å². The molecule has 204 valence electrons. The first-order valence-electron chi connectivity index (χ1n) is 14.5. The molecule has 9 nitrogen and oxygen atoms in total. The molecule has 4 atom stereocenters. The molecular formula is C29H42N8O. The number of pyridine rings is 1. The minimum absolute atomic E-state index is 0.0117. The van der Waals surface area contributed by atoms with Crippen molar-refractivity contribution in [2.45, 2.75) is 89.9 Å². The number of rotatable bonds is 6. The van der Waals surface area contributed by atoms with Gasteiger partial charge in [0.05, 0.1) is 17.4 Å². The van der Waals surface area contributed by atoms with Gasteiger partial charge < -0.3 is 20.4 Å². The van der Waals surface area contributed by atoms with E-state index < -0.39 is 0 Å². The third-order valence-corrected chi connectivity index (χ3v) is 9.41. The van der Waals surface area contributed by atoms with E-state index in [9.17, 15) is 4.79 Å². The molecule has 2 N–H and O–H groups in total. The van der Waals surface area contributed by atoms with Crippen molar-refractivity contribution in [1.29, 1.82) is 0 Å². The van der Waals surface area contributed by atoms with Gasteiger partial charge in [-0.25, -0.2) is 9.97 Å². The maximum atomic E-state index is 12.7. The molecule has 2 saturated heterocycles. The predicted molar refractivity (Wildman–Crippen MR) is 151 cm³/mol. The number of carbonyl (C=O) groups excluding carboxylic acids is 1. The summed E-state index contributed by atoms with van der Waals surface area (Å²) in [4.78, 5) is 34.4. The lowest BCUT2D eigenvalue weighted by Gasteiger charge is -2.47. The van der Waals surface area contributed by atoms with E-state index in [1.165, 1.54) is 25.8 Å². The molecule has 4 aliphatic rings. The van der Waals surface area contributed by atoms with Crippen molar-refractivity contribution in [3.05, 3.63) is 30.1 Å². The highest BCUT2D eigenvalue weighted by atomic mass is 16.2. The summed E-state index contributed by atoms with van der Waals surface area (Å²) >= 11 is 0. The lowest BCUT2D eigenvalue weighted by molar-refractivity contribution is -0.124. The Morgan fingerprint density at radius 1 is 1.13 bits per heavy atom. The molecule has 1 spiro atoms. The van der Waals surface area contributed by atoms with Crippen LogP contribution in [-0.4, -0.2) is 75.6 Å². The van der Waals surface area contributed by atoms with E-state index in [0.29, 0.717) is 31.0 Å². The molecule has 38 heavy (non-hydrogen) atoms. The van der Waals surface area contributed by atoms with Gasteiger partial charge in [0.25, 0.3) is 0 Å². The molecule has 1 amide bonds. The maximum absolute atomic E-state index is 12.7.